The summed E-state index contributed by atoms with van der Waals surface area (Å²) < 4.78 is 33.1. The van der Waals surface area contributed by atoms with Crippen molar-refractivity contribution in [2.45, 2.75) is 302 Å². The van der Waals surface area contributed by atoms with Crippen molar-refractivity contribution in [3.8, 4) is 0 Å². The van der Waals surface area contributed by atoms with Crippen LogP contribution in [0.15, 0.2) is 109 Å². The molecule has 0 aliphatic rings. The third-order valence-electron chi connectivity index (χ3n) is 14.2. The number of phosphoric acid groups is 1. The van der Waals surface area contributed by atoms with E-state index < -0.39 is 26.5 Å². The van der Waals surface area contributed by atoms with Crippen molar-refractivity contribution in [3.63, 3.8) is 0 Å². The van der Waals surface area contributed by atoms with Crippen molar-refractivity contribution in [2.75, 3.05) is 26.4 Å². The van der Waals surface area contributed by atoms with Crippen LogP contribution >= 0.6 is 7.82 Å². The molecule has 10 heteroatoms. The predicted octanol–water partition coefficient (Wildman–Crippen LogP) is 21.7. The Balaban J connectivity index is 3.97. The maximum absolute atomic E-state index is 12.7. The van der Waals surface area contributed by atoms with Crippen molar-refractivity contribution in [3.05, 3.63) is 109 Å². The molecule has 0 aliphatic carbocycles. The highest BCUT2D eigenvalue weighted by atomic mass is 31.2. The molecule has 0 aromatic carbocycles. The Hall–Kier alpha value is -3.33. The van der Waals surface area contributed by atoms with Crippen molar-refractivity contribution in [2.24, 2.45) is 5.73 Å². The summed E-state index contributed by atoms with van der Waals surface area (Å²) in [6.45, 7) is 3.65. The zero-order valence-electron chi connectivity index (χ0n) is 52.2. The molecule has 0 saturated heterocycles. The van der Waals surface area contributed by atoms with Crippen LogP contribution in [0, 0.1) is 0 Å². The van der Waals surface area contributed by atoms with Gasteiger partial charge in [0, 0.05) is 19.4 Å². The van der Waals surface area contributed by atoms with E-state index in [-0.39, 0.29) is 38.6 Å². The monoisotopic (exact) mass is 1150 g/mol. The van der Waals surface area contributed by atoms with E-state index in [0.717, 1.165) is 103 Å². The molecule has 2 atom stereocenters. The Bertz CT molecular complexity index is 1690. The number of allylic oxidation sites excluding steroid dienone is 18. The smallest absolute Gasteiger partial charge is 0.462 e. The summed E-state index contributed by atoms with van der Waals surface area (Å²) in [5, 5.41) is 0. The third kappa shape index (κ3) is 65.7. The highest BCUT2D eigenvalue weighted by Crippen LogP contribution is 2.43. The number of unbranched alkanes of at least 4 members (excludes halogenated alkanes) is 31. The van der Waals surface area contributed by atoms with E-state index in [9.17, 15) is 19.0 Å². The van der Waals surface area contributed by atoms with Crippen molar-refractivity contribution >= 4 is 19.8 Å². The van der Waals surface area contributed by atoms with Gasteiger partial charge in [0.1, 0.15) is 6.61 Å². The van der Waals surface area contributed by atoms with Crippen molar-refractivity contribution in [1.29, 1.82) is 0 Å². The Kier molecular flexibility index (Phi) is 63.1. The number of ether oxygens (including phenoxy) is 2. The summed E-state index contributed by atoms with van der Waals surface area (Å²) >= 11 is 0. The number of carbonyl (C=O) groups is 2. The van der Waals surface area contributed by atoms with Gasteiger partial charge >= 0.3 is 19.8 Å². The van der Waals surface area contributed by atoms with Gasteiger partial charge in [0.05, 0.1) is 13.2 Å². The number of phosphoric ester groups is 1. The number of nitrogens with two attached hydrogens (primary N) is 1. The second kappa shape index (κ2) is 65.8. The number of esters is 2. The molecule has 466 valence electrons. The van der Waals surface area contributed by atoms with E-state index in [2.05, 4.69) is 123 Å². The van der Waals surface area contributed by atoms with E-state index >= 15 is 0 Å². The molecule has 0 amide bonds. The van der Waals surface area contributed by atoms with Crippen molar-refractivity contribution in [1.82, 2.24) is 0 Å². The van der Waals surface area contributed by atoms with E-state index in [1.807, 2.05) is 0 Å². The Morgan fingerprint density at radius 1 is 0.383 bits per heavy atom. The second-order valence-electron chi connectivity index (χ2n) is 22.0. The molecule has 81 heavy (non-hydrogen) atoms. The topological polar surface area (TPSA) is 134 Å². The molecule has 0 bridgehead atoms. The van der Waals surface area contributed by atoms with E-state index in [0.29, 0.717) is 6.42 Å². The number of hydrogen-bond donors (Lipinski definition) is 2. The largest absolute Gasteiger partial charge is 0.472 e. The van der Waals surface area contributed by atoms with Gasteiger partial charge in [0.15, 0.2) is 6.10 Å². The van der Waals surface area contributed by atoms with Crippen LogP contribution in [0.5, 0.6) is 0 Å². The van der Waals surface area contributed by atoms with Gasteiger partial charge < -0.3 is 20.1 Å². The zero-order chi connectivity index (χ0) is 58.7. The Morgan fingerprint density at radius 2 is 0.679 bits per heavy atom. The lowest BCUT2D eigenvalue weighted by atomic mass is 10.0. The molecule has 3 N–H and O–H groups in total. The third-order valence-corrected chi connectivity index (χ3v) is 15.2. The van der Waals surface area contributed by atoms with Crippen LogP contribution in [0.1, 0.15) is 296 Å². The molecule has 0 radical (unpaired) electrons. The molecular formula is C71H124NO8P. The Labute approximate surface area is 499 Å². The van der Waals surface area contributed by atoms with Gasteiger partial charge in [-0.1, -0.05) is 309 Å². The maximum Gasteiger partial charge on any atom is 0.472 e. The molecule has 0 saturated carbocycles. The van der Waals surface area contributed by atoms with E-state index in [1.165, 1.54) is 161 Å². The lowest BCUT2D eigenvalue weighted by Crippen LogP contribution is -2.29. The molecule has 9 nitrogen and oxygen atoms in total. The molecule has 0 aromatic rings. The summed E-state index contributed by atoms with van der Waals surface area (Å²) in [5.74, 6) is -0.835. The standard InChI is InChI=1S/C71H124NO8P/c1-3-5-7-9-11-13-15-17-19-21-23-25-27-29-30-31-32-33-34-35-36-37-38-40-42-44-46-48-50-52-54-56-58-60-62-64-71(74)80-69(68-79-81(75,76)78-66-65-72)67-77-70(73)63-61-59-57-55-53-51-49-47-45-43-41-39-28-26-24-22-20-18-16-14-12-10-8-6-4-2/h5,7,11,13,17,19,23,25,29-30,32-33,35-36,38,40,44,46,69H,3-4,6,8-10,12,14-16,18,20-22,24,26-28,31,34,37,39,41-43,45,47-68,72H2,1-2H3,(H,75,76)/b7-5-,13-11-,19-17-,25-23-,30-29-,33-32-,36-35-,40-38-,46-44-. The number of rotatable bonds is 62. The molecule has 2 unspecified atom stereocenters. The highest BCUT2D eigenvalue weighted by Gasteiger charge is 2.26. The minimum absolute atomic E-state index is 0.0478. The van der Waals surface area contributed by atoms with Crippen LogP contribution < -0.4 is 5.73 Å². The summed E-state index contributed by atoms with van der Waals surface area (Å²) in [7, 11) is -4.40. The number of carbonyl (C=O) groups excluding carboxylic acids is 2. The average molecular weight is 1150 g/mol. The zero-order valence-corrected chi connectivity index (χ0v) is 53.1. The van der Waals surface area contributed by atoms with Crippen LogP contribution in [0.25, 0.3) is 0 Å². The average Bonchev–Trinajstić information content (AvgIpc) is 3.46. The molecule has 0 fully saturated rings. The summed E-state index contributed by atoms with van der Waals surface area (Å²) in [5.41, 5.74) is 5.40. The Morgan fingerprint density at radius 3 is 1.01 bits per heavy atom. The minimum Gasteiger partial charge on any atom is -0.462 e. The van der Waals surface area contributed by atoms with Crippen LogP contribution in [-0.4, -0.2) is 49.3 Å². The molecule has 0 heterocycles. The lowest BCUT2D eigenvalue weighted by Gasteiger charge is -2.19. The summed E-state index contributed by atoms with van der Waals surface area (Å²) in [6.07, 6.45) is 90.2. The second-order valence-corrected chi connectivity index (χ2v) is 23.4. The fourth-order valence-electron chi connectivity index (χ4n) is 9.28. The fourth-order valence-corrected chi connectivity index (χ4v) is 10.0. The van der Waals surface area contributed by atoms with Gasteiger partial charge in [-0.25, -0.2) is 4.57 Å². The first-order chi connectivity index (χ1) is 39.8. The van der Waals surface area contributed by atoms with Crippen LogP contribution in [-0.2, 0) is 32.7 Å². The normalized spacial score (nSPS) is 13.7. The van der Waals surface area contributed by atoms with Crippen LogP contribution in [0.2, 0.25) is 0 Å². The van der Waals surface area contributed by atoms with Gasteiger partial charge in [-0.15, -0.1) is 0 Å². The van der Waals surface area contributed by atoms with Gasteiger partial charge in [0.2, 0.25) is 0 Å². The van der Waals surface area contributed by atoms with E-state index in [1.54, 1.807) is 0 Å². The number of hydrogen-bond acceptors (Lipinski definition) is 8. The molecule has 0 aromatic heterocycles. The minimum atomic E-state index is -4.40. The molecular weight excluding hydrogens is 1030 g/mol. The first-order valence-electron chi connectivity index (χ1n) is 33.4. The lowest BCUT2D eigenvalue weighted by molar-refractivity contribution is -0.161. The summed E-state index contributed by atoms with van der Waals surface area (Å²) in [6, 6.07) is 0. The van der Waals surface area contributed by atoms with Crippen molar-refractivity contribution < 1.29 is 37.6 Å². The first kappa shape index (κ1) is 77.7. The van der Waals surface area contributed by atoms with E-state index in [4.69, 9.17) is 24.3 Å². The van der Waals surface area contributed by atoms with Crippen LogP contribution in [0.3, 0.4) is 0 Å². The maximum atomic E-state index is 12.7. The summed E-state index contributed by atoms with van der Waals surface area (Å²) in [4.78, 5) is 35.3. The fraction of sp³-hybridized carbons (Fsp3) is 0.718. The highest BCUT2D eigenvalue weighted by molar-refractivity contribution is 7.47. The van der Waals surface area contributed by atoms with Gasteiger partial charge in [-0.05, 0) is 83.5 Å². The predicted molar refractivity (Wildman–Crippen MR) is 348 cm³/mol. The van der Waals surface area contributed by atoms with Gasteiger partial charge in [0.25, 0.3) is 0 Å². The molecule has 0 aliphatic heterocycles. The molecule has 0 spiro atoms. The first-order valence-corrected chi connectivity index (χ1v) is 34.9. The molecule has 0 rings (SSSR count). The SMILES string of the molecule is CC/C=C\C/C=C\C/C=C\C/C=C\C/C=C\C/C=C\C/C=C\C/C=C\C/C=C\CCCCCCCCCC(=O)OC(COC(=O)CCCCCCCCCCCCCCCCCCCCCCCCCCC)COP(=O)(O)OCCN. The quantitative estimate of drug-likeness (QED) is 0.0264. The van der Waals surface area contributed by atoms with Gasteiger partial charge in [-0.3, -0.25) is 18.6 Å². The van der Waals surface area contributed by atoms with Crippen LogP contribution in [0.4, 0.5) is 0 Å². The van der Waals surface area contributed by atoms with Gasteiger partial charge in [-0.2, -0.15) is 0 Å².